The van der Waals surface area contributed by atoms with Gasteiger partial charge in [0.2, 0.25) is 0 Å². The second-order valence-electron chi connectivity index (χ2n) is 4.43. The molecule has 6 nitrogen and oxygen atoms in total. The molecule has 102 valence electrons. The summed E-state index contributed by atoms with van der Waals surface area (Å²) in [5, 5.41) is 0. The first-order valence-electron chi connectivity index (χ1n) is 6.43. The van der Waals surface area contributed by atoms with Crippen molar-refractivity contribution < 1.29 is 14.3 Å². The minimum Gasteiger partial charge on any atom is -0.466 e. The molecule has 1 aliphatic rings. The van der Waals surface area contributed by atoms with Crippen LogP contribution < -0.4 is 4.90 Å². The smallest absolute Gasteiger partial charge is 0.309 e. The largest absolute Gasteiger partial charge is 0.466 e. The van der Waals surface area contributed by atoms with Gasteiger partial charge in [0.15, 0.2) is 6.29 Å². The van der Waals surface area contributed by atoms with Gasteiger partial charge in [0.25, 0.3) is 0 Å². The highest BCUT2D eigenvalue weighted by molar-refractivity contribution is 5.73. The second-order valence-corrected chi connectivity index (χ2v) is 4.43. The topological polar surface area (TPSA) is 72.4 Å². The van der Waals surface area contributed by atoms with Gasteiger partial charge in [-0.1, -0.05) is 0 Å². The van der Waals surface area contributed by atoms with E-state index in [4.69, 9.17) is 4.74 Å². The number of esters is 1. The zero-order valence-corrected chi connectivity index (χ0v) is 10.9. The molecular weight excluding hydrogens is 246 g/mol. The van der Waals surface area contributed by atoms with E-state index >= 15 is 0 Å². The summed E-state index contributed by atoms with van der Waals surface area (Å²) in [6, 6.07) is 0. The first kappa shape index (κ1) is 13.5. The van der Waals surface area contributed by atoms with Gasteiger partial charge in [-0.15, -0.1) is 0 Å². The van der Waals surface area contributed by atoms with Crippen molar-refractivity contribution in [3.63, 3.8) is 0 Å². The molecule has 0 unspecified atom stereocenters. The molecule has 1 saturated heterocycles. The molecule has 0 aromatic carbocycles. The molecule has 0 saturated carbocycles. The number of hydrogen-bond acceptors (Lipinski definition) is 6. The van der Waals surface area contributed by atoms with E-state index in [0.717, 1.165) is 25.9 Å². The lowest BCUT2D eigenvalue weighted by molar-refractivity contribution is -0.148. The van der Waals surface area contributed by atoms with Gasteiger partial charge in [-0.05, 0) is 19.8 Å². The summed E-state index contributed by atoms with van der Waals surface area (Å²) in [4.78, 5) is 32.5. The van der Waals surface area contributed by atoms with E-state index < -0.39 is 0 Å². The number of anilines is 1. The molecule has 2 heterocycles. The molecule has 0 spiro atoms. The molecule has 2 rings (SSSR count). The fraction of sp³-hybridized carbons (Fsp3) is 0.538. The van der Waals surface area contributed by atoms with Crippen LogP contribution in [0.4, 0.5) is 5.82 Å². The average Bonchev–Trinajstić information content (AvgIpc) is 2.48. The number of nitrogens with zero attached hydrogens (tertiary/aromatic N) is 3. The quantitative estimate of drug-likeness (QED) is 0.597. The van der Waals surface area contributed by atoms with Crippen LogP contribution in [0.2, 0.25) is 0 Å². The standard InChI is InChI=1S/C13H17N3O3/c1-2-19-13(18)10-3-5-16(6-4-10)12-8-14-7-11(9-17)15-12/h7-10H,2-6H2,1H3. The van der Waals surface area contributed by atoms with E-state index in [1.807, 2.05) is 11.8 Å². The predicted octanol–water partition coefficient (Wildman–Crippen LogP) is 1.07. The highest BCUT2D eigenvalue weighted by Gasteiger charge is 2.26. The van der Waals surface area contributed by atoms with Crippen molar-refractivity contribution in [3.8, 4) is 0 Å². The van der Waals surface area contributed by atoms with Gasteiger partial charge in [0, 0.05) is 13.1 Å². The molecule has 1 fully saturated rings. The third-order valence-electron chi connectivity index (χ3n) is 3.20. The van der Waals surface area contributed by atoms with Gasteiger partial charge in [-0.3, -0.25) is 14.6 Å². The maximum Gasteiger partial charge on any atom is 0.309 e. The Labute approximate surface area is 111 Å². The van der Waals surface area contributed by atoms with Crippen LogP contribution >= 0.6 is 0 Å². The van der Waals surface area contributed by atoms with Crippen LogP contribution in [-0.2, 0) is 9.53 Å². The van der Waals surface area contributed by atoms with Gasteiger partial charge >= 0.3 is 5.97 Å². The van der Waals surface area contributed by atoms with Gasteiger partial charge in [-0.25, -0.2) is 4.98 Å². The van der Waals surface area contributed by atoms with Gasteiger partial charge in [0.1, 0.15) is 11.5 Å². The molecule has 19 heavy (non-hydrogen) atoms. The van der Waals surface area contributed by atoms with Crippen molar-refractivity contribution in [2.24, 2.45) is 5.92 Å². The van der Waals surface area contributed by atoms with E-state index in [0.29, 0.717) is 24.4 Å². The van der Waals surface area contributed by atoms with Crippen molar-refractivity contribution >= 4 is 18.1 Å². The van der Waals surface area contributed by atoms with Crippen LogP contribution in [0.3, 0.4) is 0 Å². The van der Waals surface area contributed by atoms with Crippen LogP contribution in [0.5, 0.6) is 0 Å². The zero-order chi connectivity index (χ0) is 13.7. The SMILES string of the molecule is CCOC(=O)C1CCN(c2cncc(C=O)n2)CC1. The number of rotatable bonds is 4. The van der Waals surface area contributed by atoms with Crippen LogP contribution in [0, 0.1) is 5.92 Å². The summed E-state index contributed by atoms with van der Waals surface area (Å²) < 4.78 is 5.03. The third kappa shape index (κ3) is 3.27. The Morgan fingerprint density at radius 1 is 1.47 bits per heavy atom. The fourth-order valence-corrected chi connectivity index (χ4v) is 2.18. The van der Waals surface area contributed by atoms with E-state index in [-0.39, 0.29) is 11.9 Å². The van der Waals surface area contributed by atoms with Crippen molar-refractivity contribution in [2.45, 2.75) is 19.8 Å². The minimum atomic E-state index is -0.116. The summed E-state index contributed by atoms with van der Waals surface area (Å²) in [7, 11) is 0. The normalized spacial score (nSPS) is 16.2. The van der Waals surface area contributed by atoms with E-state index in [9.17, 15) is 9.59 Å². The van der Waals surface area contributed by atoms with Gasteiger partial charge in [-0.2, -0.15) is 0 Å². The first-order chi connectivity index (χ1) is 9.24. The maximum atomic E-state index is 11.6. The molecule has 1 aliphatic heterocycles. The Morgan fingerprint density at radius 2 is 2.21 bits per heavy atom. The number of ether oxygens (including phenoxy) is 1. The molecule has 0 aliphatic carbocycles. The lowest BCUT2D eigenvalue weighted by Crippen LogP contribution is -2.37. The fourth-order valence-electron chi connectivity index (χ4n) is 2.18. The van der Waals surface area contributed by atoms with Crippen molar-refractivity contribution in [3.05, 3.63) is 18.1 Å². The van der Waals surface area contributed by atoms with Crippen molar-refractivity contribution in [2.75, 3.05) is 24.6 Å². The summed E-state index contributed by atoms with van der Waals surface area (Å²) in [6.45, 7) is 3.68. The number of aldehydes is 1. The van der Waals surface area contributed by atoms with Crippen LogP contribution in [0.25, 0.3) is 0 Å². The zero-order valence-electron chi connectivity index (χ0n) is 10.9. The molecule has 0 bridgehead atoms. The molecule has 0 atom stereocenters. The van der Waals surface area contributed by atoms with Crippen LogP contribution in [0.15, 0.2) is 12.4 Å². The number of aromatic nitrogens is 2. The van der Waals surface area contributed by atoms with Crippen molar-refractivity contribution in [1.82, 2.24) is 9.97 Å². The van der Waals surface area contributed by atoms with Crippen LogP contribution in [0.1, 0.15) is 30.3 Å². The van der Waals surface area contributed by atoms with E-state index in [2.05, 4.69) is 9.97 Å². The summed E-state index contributed by atoms with van der Waals surface area (Å²) in [5.41, 5.74) is 0.324. The number of hydrogen-bond donors (Lipinski definition) is 0. The van der Waals surface area contributed by atoms with E-state index in [1.165, 1.54) is 6.20 Å². The highest BCUT2D eigenvalue weighted by Crippen LogP contribution is 2.22. The second kappa shape index (κ2) is 6.26. The summed E-state index contributed by atoms with van der Waals surface area (Å²) in [6.07, 6.45) is 5.24. The predicted molar refractivity (Wildman–Crippen MR) is 69.0 cm³/mol. The van der Waals surface area contributed by atoms with Gasteiger partial charge < -0.3 is 9.64 Å². The summed E-state index contributed by atoms with van der Waals surface area (Å²) in [5.74, 6) is 0.542. The summed E-state index contributed by atoms with van der Waals surface area (Å²) >= 11 is 0. The Balaban J connectivity index is 1.95. The monoisotopic (exact) mass is 263 g/mol. The minimum absolute atomic E-state index is 0.0292. The Morgan fingerprint density at radius 3 is 2.84 bits per heavy atom. The van der Waals surface area contributed by atoms with Crippen LogP contribution in [-0.4, -0.2) is 41.9 Å². The number of carbonyl (C=O) groups excluding carboxylic acids is 2. The lowest BCUT2D eigenvalue weighted by Gasteiger charge is -2.31. The van der Waals surface area contributed by atoms with Gasteiger partial charge in [0.05, 0.1) is 24.9 Å². The first-order valence-corrected chi connectivity index (χ1v) is 6.43. The lowest BCUT2D eigenvalue weighted by atomic mass is 9.97. The van der Waals surface area contributed by atoms with E-state index in [1.54, 1.807) is 6.20 Å². The Hall–Kier alpha value is -1.98. The molecule has 1 aromatic heterocycles. The number of piperidine rings is 1. The average molecular weight is 263 g/mol. The molecule has 0 amide bonds. The highest BCUT2D eigenvalue weighted by atomic mass is 16.5. The maximum absolute atomic E-state index is 11.6. The molecule has 6 heteroatoms. The molecule has 0 N–H and O–H groups in total. The Kier molecular flexibility index (Phi) is 4.43. The molecule has 0 radical (unpaired) electrons. The molecule has 1 aromatic rings. The number of carbonyl (C=O) groups is 2. The van der Waals surface area contributed by atoms with Crippen molar-refractivity contribution in [1.29, 1.82) is 0 Å². The Bertz CT molecular complexity index is 456. The third-order valence-corrected chi connectivity index (χ3v) is 3.20. The molecular formula is C13H17N3O3.